The molecule has 0 amide bonds. The van der Waals surface area contributed by atoms with Crippen LogP contribution in [-0.2, 0) is 14.3 Å². The minimum atomic E-state index is -0.702. The van der Waals surface area contributed by atoms with Crippen LogP contribution in [0.4, 0.5) is 4.39 Å². The fourth-order valence-corrected chi connectivity index (χ4v) is 2.79. The van der Waals surface area contributed by atoms with Gasteiger partial charge in [0, 0.05) is 23.0 Å². The van der Waals surface area contributed by atoms with Crippen molar-refractivity contribution in [2.75, 3.05) is 13.2 Å². The van der Waals surface area contributed by atoms with E-state index in [1.807, 2.05) is 12.1 Å². The van der Waals surface area contributed by atoms with Crippen molar-refractivity contribution in [3.63, 3.8) is 0 Å². The van der Waals surface area contributed by atoms with Crippen molar-refractivity contribution in [1.82, 2.24) is 0 Å². The van der Waals surface area contributed by atoms with Gasteiger partial charge in [0.25, 0.3) is 0 Å². The standard InChI is InChI=1S/C22H21FO4/c1-2-3-17-14-25-22(26-15-17)18-7-4-16(5-8-18)6-13-21(24)27-20-11-9-19(23)10-12-20/h4-5,7-12,17,22H,2-3,14-15H2,1H3. The Bertz CT molecular complexity index is 810. The number of hydrogen-bond acceptors (Lipinski definition) is 4. The molecule has 3 rings (SSSR count). The van der Waals surface area contributed by atoms with Gasteiger partial charge in [-0.25, -0.2) is 9.18 Å². The zero-order chi connectivity index (χ0) is 19.1. The number of carbonyl (C=O) groups excluding carboxylic acids is 1. The molecule has 0 saturated carbocycles. The zero-order valence-corrected chi connectivity index (χ0v) is 15.1. The van der Waals surface area contributed by atoms with Crippen LogP contribution in [0.3, 0.4) is 0 Å². The Balaban J connectivity index is 1.54. The molecule has 0 bridgehead atoms. The van der Waals surface area contributed by atoms with Crippen molar-refractivity contribution in [3.05, 3.63) is 65.5 Å². The fourth-order valence-electron chi connectivity index (χ4n) is 2.79. The summed E-state index contributed by atoms with van der Waals surface area (Å²) in [6, 6.07) is 12.5. The predicted molar refractivity (Wildman–Crippen MR) is 98.4 cm³/mol. The second-order valence-corrected chi connectivity index (χ2v) is 6.37. The van der Waals surface area contributed by atoms with E-state index < -0.39 is 11.8 Å². The van der Waals surface area contributed by atoms with Crippen LogP contribution >= 0.6 is 0 Å². The summed E-state index contributed by atoms with van der Waals surface area (Å²) in [5.41, 5.74) is 1.60. The predicted octanol–water partition coefficient (Wildman–Crippen LogP) is 4.24. The van der Waals surface area contributed by atoms with Gasteiger partial charge in [-0.2, -0.15) is 0 Å². The summed E-state index contributed by atoms with van der Waals surface area (Å²) in [5.74, 6) is 4.78. The minimum absolute atomic E-state index is 0.249. The van der Waals surface area contributed by atoms with Crippen LogP contribution in [0, 0.1) is 23.6 Å². The van der Waals surface area contributed by atoms with Gasteiger partial charge in [0.1, 0.15) is 11.6 Å². The Kier molecular flexibility index (Phi) is 6.59. The first kappa shape index (κ1) is 19.1. The van der Waals surface area contributed by atoms with E-state index >= 15 is 0 Å². The normalized spacial score (nSPS) is 19.0. The van der Waals surface area contributed by atoms with Crippen LogP contribution in [0.1, 0.15) is 37.2 Å². The van der Waals surface area contributed by atoms with Gasteiger partial charge in [0.05, 0.1) is 13.2 Å². The maximum atomic E-state index is 12.8. The molecule has 140 valence electrons. The van der Waals surface area contributed by atoms with Gasteiger partial charge < -0.3 is 14.2 Å². The van der Waals surface area contributed by atoms with Crippen LogP contribution in [0.15, 0.2) is 48.5 Å². The molecular formula is C22H21FO4. The molecule has 0 aromatic heterocycles. The molecule has 0 atom stereocenters. The molecule has 27 heavy (non-hydrogen) atoms. The number of hydrogen-bond donors (Lipinski definition) is 0. The highest BCUT2D eigenvalue weighted by Gasteiger charge is 2.22. The Morgan fingerprint density at radius 3 is 2.41 bits per heavy atom. The van der Waals surface area contributed by atoms with Crippen LogP contribution in [0.5, 0.6) is 5.75 Å². The molecule has 2 aromatic carbocycles. The smallest absolute Gasteiger partial charge is 0.390 e. The summed E-state index contributed by atoms with van der Waals surface area (Å²) in [4.78, 5) is 11.7. The summed E-state index contributed by atoms with van der Waals surface area (Å²) in [6.45, 7) is 3.56. The van der Waals surface area contributed by atoms with Crippen LogP contribution in [0.2, 0.25) is 0 Å². The monoisotopic (exact) mass is 368 g/mol. The molecule has 1 heterocycles. The van der Waals surface area contributed by atoms with E-state index in [9.17, 15) is 9.18 Å². The number of benzene rings is 2. The molecule has 0 radical (unpaired) electrons. The molecule has 5 heteroatoms. The van der Waals surface area contributed by atoms with Crippen molar-refractivity contribution >= 4 is 5.97 Å². The van der Waals surface area contributed by atoms with Gasteiger partial charge in [-0.3, -0.25) is 0 Å². The van der Waals surface area contributed by atoms with E-state index in [1.54, 1.807) is 12.1 Å². The molecule has 1 aliphatic heterocycles. The Morgan fingerprint density at radius 1 is 1.11 bits per heavy atom. The molecule has 0 unspecified atom stereocenters. The maximum absolute atomic E-state index is 12.8. The average molecular weight is 368 g/mol. The summed E-state index contributed by atoms with van der Waals surface area (Å²) in [7, 11) is 0. The number of rotatable bonds is 4. The highest BCUT2D eigenvalue weighted by atomic mass is 19.1. The lowest BCUT2D eigenvalue weighted by Gasteiger charge is -2.29. The third-order valence-electron chi connectivity index (χ3n) is 4.18. The number of esters is 1. The van der Waals surface area contributed by atoms with E-state index in [-0.39, 0.29) is 12.0 Å². The van der Waals surface area contributed by atoms with Gasteiger partial charge in [0.15, 0.2) is 6.29 Å². The number of halogens is 1. The highest BCUT2D eigenvalue weighted by molar-refractivity contribution is 5.90. The molecule has 1 fully saturated rings. The molecular weight excluding hydrogens is 347 g/mol. The lowest BCUT2D eigenvalue weighted by Crippen LogP contribution is -2.26. The van der Waals surface area contributed by atoms with Gasteiger partial charge >= 0.3 is 5.97 Å². The van der Waals surface area contributed by atoms with Crippen molar-refractivity contribution in [1.29, 1.82) is 0 Å². The van der Waals surface area contributed by atoms with E-state index in [2.05, 4.69) is 18.8 Å². The first-order valence-electron chi connectivity index (χ1n) is 8.96. The molecule has 4 nitrogen and oxygen atoms in total. The second-order valence-electron chi connectivity index (χ2n) is 6.37. The molecule has 0 aliphatic carbocycles. The SMILES string of the molecule is CCCC1COC(c2ccc(C#CC(=O)Oc3ccc(F)cc3)cc2)OC1. The Hall–Kier alpha value is -2.68. The number of ether oxygens (including phenoxy) is 3. The quantitative estimate of drug-likeness (QED) is 0.460. The molecule has 1 aliphatic rings. The summed E-state index contributed by atoms with van der Waals surface area (Å²) in [6.07, 6.45) is 1.87. The van der Waals surface area contributed by atoms with Crippen LogP contribution < -0.4 is 4.74 Å². The Morgan fingerprint density at radius 2 is 1.78 bits per heavy atom. The van der Waals surface area contributed by atoms with Crippen LogP contribution in [0.25, 0.3) is 0 Å². The maximum Gasteiger partial charge on any atom is 0.390 e. The second kappa shape index (κ2) is 9.31. The van der Waals surface area contributed by atoms with Gasteiger partial charge in [-0.1, -0.05) is 31.4 Å². The average Bonchev–Trinajstić information content (AvgIpc) is 2.69. The minimum Gasteiger partial charge on any atom is -0.417 e. The summed E-state index contributed by atoms with van der Waals surface area (Å²) < 4.78 is 29.4. The van der Waals surface area contributed by atoms with Gasteiger partial charge in [-0.15, -0.1) is 0 Å². The van der Waals surface area contributed by atoms with Crippen LogP contribution in [-0.4, -0.2) is 19.2 Å². The molecule has 1 saturated heterocycles. The zero-order valence-electron chi connectivity index (χ0n) is 15.1. The van der Waals surface area contributed by atoms with E-state index in [0.717, 1.165) is 18.4 Å². The first-order chi connectivity index (χ1) is 13.1. The molecule has 0 spiro atoms. The molecule has 0 N–H and O–H groups in total. The lowest BCUT2D eigenvalue weighted by atomic mass is 10.0. The van der Waals surface area contributed by atoms with E-state index in [1.165, 1.54) is 24.3 Å². The van der Waals surface area contributed by atoms with Crippen molar-refractivity contribution in [2.24, 2.45) is 5.92 Å². The Labute approximate surface area is 158 Å². The van der Waals surface area contributed by atoms with Crippen molar-refractivity contribution < 1.29 is 23.4 Å². The highest BCUT2D eigenvalue weighted by Crippen LogP contribution is 2.26. The third-order valence-corrected chi connectivity index (χ3v) is 4.18. The van der Waals surface area contributed by atoms with Gasteiger partial charge in [-0.05, 0) is 42.8 Å². The third kappa shape index (κ3) is 5.65. The fraction of sp³-hybridized carbons (Fsp3) is 0.318. The number of carbonyl (C=O) groups is 1. The van der Waals surface area contributed by atoms with Crippen molar-refractivity contribution in [2.45, 2.75) is 26.1 Å². The van der Waals surface area contributed by atoms with E-state index in [4.69, 9.17) is 14.2 Å². The first-order valence-corrected chi connectivity index (χ1v) is 8.96. The summed E-state index contributed by atoms with van der Waals surface area (Å²) >= 11 is 0. The largest absolute Gasteiger partial charge is 0.417 e. The van der Waals surface area contributed by atoms with E-state index in [0.29, 0.717) is 24.7 Å². The summed E-state index contributed by atoms with van der Waals surface area (Å²) in [5, 5.41) is 0. The van der Waals surface area contributed by atoms with Crippen molar-refractivity contribution in [3.8, 4) is 17.6 Å². The molecule has 2 aromatic rings. The lowest BCUT2D eigenvalue weighted by molar-refractivity contribution is -0.206. The van der Waals surface area contributed by atoms with Gasteiger partial charge in [0.2, 0.25) is 0 Å². The topological polar surface area (TPSA) is 44.8 Å².